The summed E-state index contributed by atoms with van der Waals surface area (Å²) in [5.74, 6) is -0.258. The van der Waals surface area contributed by atoms with Crippen molar-refractivity contribution in [2.24, 2.45) is 4.99 Å². The minimum absolute atomic E-state index is 0.258. The van der Waals surface area contributed by atoms with Crippen LogP contribution in [0.1, 0.15) is 225 Å². The van der Waals surface area contributed by atoms with Crippen LogP contribution in [0, 0.1) is 0 Å². The molecule has 0 atom stereocenters. The number of hydrogen-bond acceptors (Lipinski definition) is 4. The van der Waals surface area contributed by atoms with Crippen molar-refractivity contribution in [1.82, 2.24) is 5.48 Å². The van der Waals surface area contributed by atoms with Crippen LogP contribution in [0.2, 0.25) is 0 Å². The Morgan fingerprint density at radius 1 is 0.395 bits per heavy atom. The number of hydroxylamine groups is 1. The molecule has 0 aliphatic heterocycles. The van der Waals surface area contributed by atoms with Gasteiger partial charge in [0.05, 0.1) is 6.54 Å². The van der Waals surface area contributed by atoms with Gasteiger partial charge in [0.15, 0.2) is 0 Å². The lowest BCUT2D eigenvalue weighted by Gasteiger charge is -2.05. The van der Waals surface area contributed by atoms with Crippen molar-refractivity contribution in [2.45, 2.75) is 225 Å². The summed E-state index contributed by atoms with van der Waals surface area (Å²) in [6, 6.07) is 0. The van der Waals surface area contributed by atoms with E-state index in [1.54, 1.807) is 11.6 Å². The highest BCUT2D eigenvalue weighted by Crippen LogP contribution is 2.17. The topological polar surface area (TPSA) is 78.8 Å². The van der Waals surface area contributed by atoms with Crippen molar-refractivity contribution >= 4 is 12.0 Å². The number of aliphatic imine (C=N–C) groups is 1. The molecule has 0 radical (unpaired) electrons. The van der Waals surface area contributed by atoms with Crippen molar-refractivity contribution in [1.29, 1.82) is 0 Å². The van der Waals surface area contributed by atoms with Crippen LogP contribution in [-0.2, 0) is 9.59 Å². The molecule has 0 aromatic carbocycles. The van der Waals surface area contributed by atoms with Gasteiger partial charge < -0.3 is 0 Å². The third-order valence-electron chi connectivity index (χ3n) is 9.11. The first-order valence-corrected chi connectivity index (χ1v) is 19.3. The monoisotopic (exact) mass is 607 g/mol. The number of unbranched alkanes of at least 4 members (excludes halogenated alkanes) is 33. The van der Waals surface area contributed by atoms with E-state index < -0.39 is 0 Å². The average molecular weight is 607 g/mol. The minimum Gasteiger partial charge on any atom is -0.289 e. The second-order valence-electron chi connectivity index (χ2n) is 13.3. The SMILES string of the molecule is O=C=NCCCCCCCCCCCCCCCCCCCCCCCCCCCCCCCCCCCCC(=O)NO. The number of hydrogen-bond donors (Lipinski definition) is 2. The lowest BCUT2D eigenvalue weighted by Crippen LogP contribution is -2.17. The van der Waals surface area contributed by atoms with Crippen LogP contribution in [0.3, 0.4) is 0 Å². The van der Waals surface area contributed by atoms with E-state index in [9.17, 15) is 9.59 Å². The van der Waals surface area contributed by atoms with Gasteiger partial charge >= 0.3 is 0 Å². The molecule has 0 bridgehead atoms. The number of amides is 1. The molecule has 43 heavy (non-hydrogen) atoms. The molecule has 5 nitrogen and oxygen atoms in total. The van der Waals surface area contributed by atoms with Crippen LogP contribution in [0.4, 0.5) is 0 Å². The molecular formula is C38H74N2O3. The Morgan fingerprint density at radius 3 is 0.814 bits per heavy atom. The van der Waals surface area contributed by atoms with Gasteiger partial charge in [-0.25, -0.2) is 15.3 Å². The fraction of sp³-hybridized carbons (Fsp3) is 0.947. The molecule has 0 heterocycles. The summed E-state index contributed by atoms with van der Waals surface area (Å²) in [4.78, 5) is 24.5. The van der Waals surface area contributed by atoms with Crippen molar-refractivity contribution in [3.05, 3.63) is 0 Å². The Balaban J connectivity index is 3.05. The van der Waals surface area contributed by atoms with Crippen LogP contribution in [-0.4, -0.2) is 23.7 Å². The van der Waals surface area contributed by atoms with Crippen molar-refractivity contribution < 1.29 is 14.8 Å². The first-order chi connectivity index (χ1) is 21.3. The van der Waals surface area contributed by atoms with Crippen LogP contribution in [0.15, 0.2) is 4.99 Å². The van der Waals surface area contributed by atoms with E-state index in [0.717, 1.165) is 19.3 Å². The van der Waals surface area contributed by atoms with Gasteiger partial charge in [0.2, 0.25) is 12.0 Å². The molecule has 0 rings (SSSR count). The summed E-state index contributed by atoms with van der Waals surface area (Å²) in [5, 5.41) is 8.46. The Labute approximate surface area is 268 Å². The molecular weight excluding hydrogens is 532 g/mol. The summed E-state index contributed by atoms with van der Waals surface area (Å²) < 4.78 is 0. The number of nitrogens with zero attached hydrogens (tertiary/aromatic N) is 1. The molecule has 2 N–H and O–H groups in total. The lowest BCUT2D eigenvalue weighted by atomic mass is 10.0. The Hall–Kier alpha value is -1.19. The van der Waals surface area contributed by atoms with Crippen molar-refractivity contribution in [3.8, 4) is 0 Å². The molecule has 0 aromatic rings. The van der Waals surface area contributed by atoms with E-state index in [-0.39, 0.29) is 5.91 Å². The number of isocyanates is 1. The van der Waals surface area contributed by atoms with Crippen LogP contribution in [0.25, 0.3) is 0 Å². The standard InChI is InChI=1S/C38H74N2O3/c41-37-39-36-34-32-30-28-26-24-22-20-18-16-14-12-10-8-6-4-2-1-3-5-7-9-11-13-15-17-19-21-23-25-27-29-31-33-35-38(42)40-43/h43H,1-36H2,(H,40,42). The maximum absolute atomic E-state index is 10.9. The van der Waals surface area contributed by atoms with Crippen LogP contribution < -0.4 is 5.48 Å². The maximum Gasteiger partial charge on any atom is 0.243 e. The Morgan fingerprint density at radius 2 is 0.605 bits per heavy atom. The molecule has 0 spiro atoms. The van der Waals surface area contributed by atoms with E-state index in [2.05, 4.69) is 4.99 Å². The summed E-state index contributed by atoms with van der Waals surface area (Å²) in [6.45, 7) is 0.663. The molecule has 254 valence electrons. The van der Waals surface area contributed by atoms with E-state index in [1.807, 2.05) is 0 Å². The smallest absolute Gasteiger partial charge is 0.243 e. The van der Waals surface area contributed by atoms with Gasteiger partial charge in [-0.2, -0.15) is 0 Å². The van der Waals surface area contributed by atoms with Gasteiger partial charge in [-0.15, -0.1) is 0 Å². The minimum atomic E-state index is -0.258. The highest BCUT2D eigenvalue weighted by molar-refractivity contribution is 5.74. The third-order valence-corrected chi connectivity index (χ3v) is 9.11. The molecule has 1 amide bonds. The van der Waals surface area contributed by atoms with Gasteiger partial charge in [0.25, 0.3) is 0 Å². The average Bonchev–Trinajstić information content (AvgIpc) is 3.02. The molecule has 0 aliphatic rings. The predicted octanol–water partition coefficient (Wildman–Crippen LogP) is 12.5. The lowest BCUT2D eigenvalue weighted by molar-refractivity contribution is -0.129. The van der Waals surface area contributed by atoms with Gasteiger partial charge in [-0.1, -0.05) is 205 Å². The van der Waals surface area contributed by atoms with Crippen molar-refractivity contribution in [2.75, 3.05) is 6.54 Å². The summed E-state index contributed by atoms with van der Waals surface area (Å²) >= 11 is 0. The first kappa shape index (κ1) is 41.8. The zero-order valence-electron chi connectivity index (χ0n) is 28.7. The maximum atomic E-state index is 10.9. The highest BCUT2D eigenvalue weighted by atomic mass is 16.5. The molecule has 0 unspecified atom stereocenters. The van der Waals surface area contributed by atoms with E-state index in [4.69, 9.17) is 5.21 Å². The van der Waals surface area contributed by atoms with E-state index in [0.29, 0.717) is 13.0 Å². The Kier molecular flexibility index (Phi) is 37.8. The van der Waals surface area contributed by atoms with Gasteiger partial charge in [0.1, 0.15) is 0 Å². The Bertz CT molecular complexity index is 592. The molecule has 0 saturated heterocycles. The normalized spacial score (nSPS) is 11.1. The molecule has 0 fully saturated rings. The van der Waals surface area contributed by atoms with Gasteiger partial charge in [-0.05, 0) is 12.8 Å². The van der Waals surface area contributed by atoms with Crippen LogP contribution in [0.5, 0.6) is 0 Å². The van der Waals surface area contributed by atoms with Crippen LogP contribution >= 0.6 is 0 Å². The third kappa shape index (κ3) is 38.8. The molecule has 0 aromatic heterocycles. The fourth-order valence-corrected chi connectivity index (χ4v) is 6.23. The predicted molar refractivity (Wildman–Crippen MR) is 185 cm³/mol. The number of nitrogens with one attached hydrogen (secondary N) is 1. The molecule has 0 aliphatic carbocycles. The van der Waals surface area contributed by atoms with Crippen molar-refractivity contribution in [3.63, 3.8) is 0 Å². The quantitative estimate of drug-likeness (QED) is 0.0243. The summed E-state index contributed by atoms with van der Waals surface area (Å²) in [6.07, 6.45) is 48.6. The first-order valence-electron chi connectivity index (χ1n) is 19.3. The summed E-state index contributed by atoms with van der Waals surface area (Å²) in [5.41, 5.74) is 1.70. The largest absolute Gasteiger partial charge is 0.289 e. The van der Waals surface area contributed by atoms with Gasteiger partial charge in [-0.3, -0.25) is 10.0 Å². The van der Waals surface area contributed by atoms with Gasteiger partial charge in [0, 0.05) is 6.42 Å². The zero-order valence-corrected chi connectivity index (χ0v) is 28.7. The number of rotatable bonds is 37. The zero-order chi connectivity index (χ0) is 31.2. The molecule has 5 heteroatoms. The highest BCUT2D eigenvalue weighted by Gasteiger charge is 1.99. The second-order valence-corrected chi connectivity index (χ2v) is 13.3. The number of carbonyl (C=O) groups is 1. The fourth-order valence-electron chi connectivity index (χ4n) is 6.23. The van der Waals surface area contributed by atoms with E-state index >= 15 is 0 Å². The molecule has 0 saturated carbocycles. The van der Waals surface area contributed by atoms with E-state index in [1.165, 1.54) is 199 Å². The summed E-state index contributed by atoms with van der Waals surface area (Å²) in [7, 11) is 0. The number of carbonyl (C=O) groups excluding carboxylic acids is 2. The second kappa shape index (κ2) is 38.8.